The van der Waals surface area contributed by atoms with E-state index in [0.717, 1.165) is 31.7 Å². The third-order valence-corrected chi connectivity index (χ3v) is 3.40. The molecular weight excluding hydrogens is 255 g/mol. The van der Waals surface area contributed by atoms with Crippen molar-refractivity contribution in [3.05, 3.63) is 29.6 Å². The molecule has 1 aromatic rings. The van der Waals surface area contributed by atoms with E-state index in [1.54, 1.807) is 6.07 Å². The van der Waals surface area contributed by atoms with E-state index in [1.165, 1.54) is 0 Å². The highest BCUT2D eigenvalue weighted by atomic mass is 19.1. The molecule has 0 bridgehead atoms. The zero-order chi connectivity index (χ0) is 14.6. The van der Waals surface area contributed by atoms with Gasteiger partial charge in [-0.05, 0) is 44.9 Å². The quantitative estimate of drug-likeness (QED) is 0.921. The van der Waals surface area contributed by atoms with Gasteiger partial charge < -0.3 is 15.0 Å². The van der Waals surface area contributed by atoms with Crippen LogP contribution in [0.25, 0.3) is 0 Å². The fraction of sp³-hybridized carbons (Fsp3) is 0.625. The van der Waals surface area contributed by atoms with Crippen molar-refractivity contribution in [2.45, 2.75) is 39.3 Å². The van der Waals surface area contributed by atoms with Gasteiger partial charge in [0.05, 0.1) is 12.3 Å². The van der Waals surface area contributed by atoms with E-state index in [1.807, 2.05) is 12.1 Å². The highest BCUT2D eigenvalue weighted by Crippen LogP contribution is 2.22. The van der Waals surface area contributed by atoms with Crippen LogP contribution in [0.1, 0.15) is 32.8 Å². The summed E-state index contributed by atoms with van der Waals surface area (Å²) in [5.74, 6) is -0.139. The largest absolute Gasteiger partial charge is 0.380 e. The molecule has 1 heterocycles. The van der Waals surface area contributed by atoms with Crippen molar-refractivity contribution in [1.82, 2.24) is 5.32 Å². The van der Waals surface area contributed by atoms with E-state index in [-0.39, 0.29) is 11.4 Å². The second-order valence-corrected chi connectivity index (χ2v) is 6.34. The van der Waals surface area contributed by atoms with Crippen molar-refractivity contribution >= 4 is 5.69 Å². The summed E-state index contributed by atoms with van der Waals surface area (Å²) in [6.45, 7) is 10.1. The van der Waals surface area contributed by atoms with Crippen LogP contribution in [-0.4, -0.2) is 31.8 Å². The number of benzene rings is 1. The maximum Gasteiger partial charge on any atom is 0.146 e. The number of hydrogen-bond acceptors (Lipinski definition) is 3. The first-order chi connectivity index (χ1) is 9.46. The van der Waals surface area contributed by atoms with Gasteiger partial charge in [-0.3, -0.25) is 0 Å². The summed E-state index contributed by atoms with van der Waals surface area (Å²) in [4.78, 5) is 2.07. The molecule has 1 saturated heterocycles. The minimum atomic E-state index is -0.139. The van der Waals surface area contributed by atoms with Gasteiger partial charge in [0.15, 0.2) is 0 Å². The lowest BCUT2D eigenvalue weighted by atomic mass is 10.1. The van der Waals surface area contributed by atoms with Crippen LogP contribution >= 0.6 is 0 Å². The zero-order valence-electron chi connectivity index (χ0n) is 12.7. The van der Waals surface area contributed by atoms with Gasteiger partial charge in [0.2, 0.25) is 0 Å². The first kappa shape index (κ1) is 15.3. The van der Waals surface area contributed by atoms with Crippen LogP contribution in [0.2, 0.25) is 0 Å². The molecule has 0 radical (unpaired) electrons. The van der Waals surface area contributed by atoms with Crippen molar-refractivity contribution < 1.29 is 9.13 Å². The Balaban J connectivity index is 2.05. The average Bonchev–Trinajstić information content (AvgIpc) is 2.64. The molecule has 3 nitrogen and oxygen atoms in total. The smallest absolute Gasteiger partial charge is 0.146 e. The van der Waals surface area contributed by atoms with Crippen LogP contribution in [0.5, 0.6) is 0 Å². The molecule has 112 valence electrons. The molecular formula is C16H25FN2O. The Hall–Kier alpha value is -1.13. The molecule has 0 amide bonds. The van der Waals surface area contributed by atoms with Crippen LogP contribution in [0, 0.1) is 5.82 Å². The Morgan fingerprint density at radius 1 is 1.25 bits per heavy atom. The third-order valence-electron chi connectivity index (χ3n) is 3.40. The molecule has 20 heavy (non-hydrogen) atoms. The summed E-state index contributed by atoms with van der Waals surface area (Å²) in [6, 6.07) is 5.53. The second-order valence-electron chi connectivity index (χ2n) is 6.34. The molecule has 0 saturated carbocycles. The molecule has 1 aliphatic heterocycles. The summed E-state index contributed by atoms with van der Waals surface area (Å²) in [6.07, 6.45) is 0.951. The fourth-order valence-electron chi connectivity index (χ4n) is 2.27. The average molecular weight is 280 g/mol. The van der Waals surface area contributed by atoms with Crippen LogP contribution in [0.4, 0.5) is 10.1 Å². The zero-order valence-corrected chi connectivity index (χ0v) is 12.7. The standard InChI is InChI=1S/C16H25FN2O/c1-16(2,3)18-12-13-5-6-15(14(17)11-13)19-7-4-9-20-10-8-19/h5-6,11,18H,4,7-10,12H2,1-3H3. The van der Waals surface area contributed by atoms with Gasteiger partial charge in [0.1, 0.15) is 5.82 Å². The predicted molar refractivity (Wildman–Crippen MR) is 80.6 cm³/mol. The first-order valence-electron chi connectivity index (χ1n) is 7.32. The predicted octanol–water partition coefficient (Wildman–Crippen LogP) is 2.94. The molecule has 0 aliphatic carbocycles. The number of nitrogens with zero attached hydrogens (tertiary/aromatic N) is 1. The Kier molecular flexibility index (Phi) is 5.00. The van der Waals surface area contributed by atoms with Crippen LogP contribution in [0.15, 0.2) is 18.2 Å². The molecule has 0 atom stereocenters. The van der Waals surface area contributed by atoms with E-state index in [2.05, 4.69) is 31.0 Å². The molecule has 2 rings (SSSR count). The van der Waals surface area contributed by atoms with E-state index in [9.17, 15) is 4.39 Å². The maximum absolute atomic E-state index is 14.3. The van der Waals surface area contributed by atoms with Crippen molar-refractivity contribution in [2.24, 2.45) is 0 Å². The molecule has 1 aliphatic rings. The van der Waals surface area contributed by atoms with Gasteiger partial charge in [0, 0.05) is 31.8 Å². The summed E-state index contributed by atoms with van der Waals surface area (Å²) >= 11 is 0. The van der Waals surface area contributed by atoms with Crippen LogP contribution < -0.4 is 10.2 Å². The Labute approximate surface area is 121 Å². The number of nitrogens with one attached hydrogen (secondary N) is 1. The lowest BCUT2D eigenvalue weighted by Crippen LogP contribution is -2.35. The number of halogens is 1. The Morgan fingerprint density at radius 3 is 2.75 bits per heavy atom. The van der Waals surface area contributed by atoms with Gasteiger partial charge in [-0.1, -0.05) is 6.07 Å². The summed E-state index contributed by atoms with van der Waals surface area (Å²) < 4.78 is 19.7. The molecule has 1 fully saturated rings. The molecule has 0 unspecified atom stereocenters. The van der Waals surface area contributed by atoms with E-state index in [0.29, 0.717) is 18.8 Å². The highest BCUT2D eigenvalue weighted by molar-refractivity contribution is 5.49. The minimum absolute atomic E-state index is 0.0390. The minimum Gasteiger partial charge on any atom is -0.380 e. The number of hydrogen-bond donors (Lipinski definition) is 1. The van der Waals surface area contributed by atoms with Gasteiger partial charge in [-0.25, -0.2) is 4.39 Å². The molecule has 0 aromatic heterocycles. The molecule has 0 spiro atoms. The lowest BCUT2D eigenvalue weighted by Gasteiger charge is -2.24. The first-order valence-corrected chi connectivity index (χ1v) is 7.32. The topological polar surface area (TPSA) is 24.5 Å². The number of anilines is 1. The summed E-state index contributed by atoms with van der Waals surface area (Å²) in [5.41, 5.74) is 1.71. The van der Waals surface area contributed by atoms with E-state index >= 15 is 0 Å². The van der Waals surface area contributed by atoms with E-state index < -0.39 is 0 Å². The number of ether oxygens (including phenoxy) is 1. The lowest BCUT2D eigenvalue weighted by molar-refractivity contribution is 0.152. The van der Waals surface area contributed by atoms with Gasteiger partial charge in [0.25, 0.3) is 0 Å². The Morgan fingerprint density at radius 2 is 2.05 bits per heavy atom. The fourth-order valence-corrected chi connectivity index (χ4v) is 2.27. The number of rotatable bonds is 3. The Bertz CT molecular complexity index is 435. The SMILES string of the molecule is CC(C)(C)NCc1ccc(N2CCCOCC2)c(F)c1. The summed E-state index contributed by atoms with van der Waals surface area (Å²) in [5, 5.41) is 3.37. The van der Waals surface area contributed by atoms with Gasteiger partial charge in [-0.2, -0.15) is 0 Å². The van der Waals surface area contributed by atoms with E-state index in [4.69, 9.17) is 4.74 Å². The maximum atomic E-state index is 14.3. The molecule has 4 heteroatoms. The third kappa shape index (κ3) is 4.46. The van der Waals surface area contributed by atoms with Crippen molar-refractivity contribution in [2.75, 3.05) is 31.2 Å². The normalized spacial score (nSPS) is 17.1. The highest BCUT2D eigenvalue weighted by Gasteiger charge is 2.15. The van der Waals surface area contributed by atoms with Crippen molar-refractivity contribution in [3.8, 4) is 0 Å². The van der Waals surface area contributed by atoms with Crippen molar-refractivity contribution in [3.63, 3.8) is 0 Å². The molecule has 1 aromatic carbocycles. The van der Waals surface area contributed by atoms with Crippen LogP contribution in [0.3, 0.4) is 0 Å². The van der Waals surface area contributed by atoms with Crippen molar-refractivity contribution in [1.29, 1.82) is 0 Å². The van der Waals surface area contributed by atoms with Crippen LogP contribution in [-0.2, 0) is 11.3 Å². The van der Waals surface area contributed by atoms with Gasteiger partial charge >= 0.3 is 0 Å². The van der Waals surface area contributed by atoms with Gasteiger partial charge in [-0.15, -0.1) is 0 Å². The monoisotopic (exact) mass is 280 g/mol. The molecule has 1 N–H and O–H groups in total. The summed E-state index contributed by atoms with van der Waals surface area (Å²) in [7, 11) is 0. The second kappa shape index (κ2) is 6.55.